The van der Waals surface area contributed by atoms with Crippen molar-refractivity contribution in [1.82, 2.24) is 30.0 Å². The number of aromatic nitrogens is 5. The molecule has 0 bridgehead atoms. The summed E-state index contributed by atoms with van der Waals surface area (Å²) in [5, 5.41) is 10.4. The number of carbonyl (C=O) groups is 1. The lowest BCUT2D eigenvalue weighted by atomic mass is 10.1. The van der Waals surface area contributed by atoms with Crippen LogP contribution in [-0.2, 0) is 19.5 Å². The number of hydrogen-bond acceptors (Lipinski definition) is 4. The number of nitrogens with zero attached hydrogens (tertiary/aromatic N) is 4. The SMILES string of the molecule is O=C(NCc1ncn2c1CCCC2)c1nccc2[nH]ncc12. The number of nitrogens with one attached hydrogen (secondary N) is 2. The van der Waals surface area contributed by atoms with Gasteiger partial charge in [-0.05, 0) is 25.3 Å². The van der Waals surface area contributed by atoms with E-state index in [0.29, 0.717) is 12.2 Å². The third-order valence-electron chi connectivity index (χ3n) is 4.10. The van der Waals surface area contributed by atoms with Crippen molar-refractivity contribution in [2.75, 3.05) is 0 Å². The highest BCUT2D eigenvalue weighted by Crippen LogP contribution is 2.18. The summed E-state index contributed by atoms with van der Waals surface area (Å²) in [6.45, 7) is 1.45. The van der Waals surface area contributed by atoms with Crippen molar-refractivity contribution in [2.45, 2.75) is 32.4 Å². The van der Waals surface area contributed by atoms with Gasteiger partial charge in [0.1, 0.15) is 5.69 Å². The van der Waals surface area contributed by atoms with Gasteiger partial charge in [0.25, 0.3) is 5.91 Å². The number of hydrogen-bond donors (Lipinski definition) is 2. The lowest BCUT2D eigenvalue weighted by Crippen LogP contribution is -2.25. The van der Waals surface area contributed by atoms with Gasteiger partial charge in [-0.1, -0.05) is 0 Å². The molecule has 0 unspecified atom stereocenters. The van der Waals surface area contributed by atoms with Crippen LogP contribution in [0.5, 0.6) is 0 Å². The van der Waals surface area contributed by atoms with E-state index in [4.69, 9.17) is 0 Å². The molecule has 112 valence electrons. The van der Waals surface area contributed by atoms with Crippen LogP contribution >= 0.6 is 0 Å². The van der Waals surface area contributed by atoms with Crippen LogP contribution in [0.3, 0.4) is 0 Å². The van der Waals surface area contributed by atoms with Crippen LogP contribution in [0.15, 0.2) is 24.8 Å². The van der Waals surface area contributed by atoms with Crippen molar-refractivity contribution in [3.05, 3.63) is 41.9 Å². The second kappa shape index (κ2) is 5.25. The molecule has 1 aliphatic heterocycles. The lowest BCUT2D eigenvalue weighted by molar-refractivity contribution is 0.0947. The molecule has 0 atom stereocenters. The molecule has 0 aromatic carbocycles. The van der Waals surface area contributed by atoms with E-state index >= 15 is 0 Å². The first-order valence-corrected chi connectivity index (χ1v) is 7.42. The molecule has 0 spiro atoms. The molecule has 7 nitrogen and oxygen atoms in total. The fraction of sp³-hybridized carbons (Fsp3) is 0.333. The van der Waals surface area contributed by atoms with E-state index in [1.165, 1.54) is 18.5 Å². The molecule has 7 heteroatoms. The van der Waals surface area contributed by atoms with Crippen molar-refractivity contribution < 1.29 is 4.79 Å². The topological polar surface area (TPSA) is 88.5 Å². The first kappa shape index (κ1) is 13.0. The molecule has 0 saturated carbocycles. The molecule has 0 fully saturated rings. The molecule has 0 aliphatic carbocycles. The quantitative estimate of drug-likeness (QED) is 0.765. The summed E-state index contributed by atoms with van der Waals surface area (Å²) in [5.74, 6) is -0.204. The van der Waals surface area contributed by atoms with Gasteiger partial charge in [0.15, 0.2) is 0 Å². The van der Waals surface area contributed by atoms with Gasteiger partial charge in [-0.3, -0.25) is 14.9 Å². The van der Waals surface area contributed by atoms with Gasteiger partial charge in [-0.2, -0.15) is 5.10 Å². The molecule has 4 rings (SSSR count). The minimum atomic E-state index is -0.204. The van der Waals surface area contributed by atoms with Gasteiger partial charge in [0.2, 0.25) is 0 Å². The molecule has 1 amide bonds. The molecule has 1 aliphatic rings. The molecule has 3 aromatic heterocycles. The smallest absolute Gasteiger partial charge is 0.270 e. The number of aryl methyl sites for hydroxylation is 1. The maximum Gasteiger partial charge on any atom is 0.270 e. The molecule has 3 aromatic rings. The van der Waals surface area contributed by atoms with E-state index < -0.39 is 0 Å². The summed E-state index contributed by atoms with van der Waals surface area (Å²) in [6.07, 6.45) is 8.50. The maximum absolute atomic E-state index is 12.4. The average molecular weight is 296 g/mol. The zero-order chi connectivity index (χ0) is 14.9. The standard InChI is InChI=1S/C15H16N6O/c22-15(14-10-7-19-20-11(10)4-5-16-14)17-8-12-13-3-1-2-6-21(13)9-18-12/h4-5,7,9H,1-3,6,8H2,(H,17,22)(H,19,20). The Bertz CT molecular complexity index is 834. The van der Waals surface area contributed by atoms with Gasteiger partial charge in [0.05, 0.1) is 35.7 Å². The second-order valence-corrected chi connectivity index (χ2v) is 5.46. The first-order valence-electron chi connectivity index (χ1n) is 7.42. The number of amides is 1. The van der Waals surface area contributed by atoms with Crippen LogP contribution in [-0.4, -0.2) is 30.6 Å². The molecule has 22 heavy (non-hydrogen) atoms. The molecular formula is C15H16N6O. The van der Waals surface area contributed by atoms with Gasteiger partial charge in [-0.25, -0.2) is 4.98 Å². The van der Waals surface area contributed by atoms with Crippen LogP contribution in [0.1, 0.15) is 34.7 Å². The number of imidazole rings is 1. The van der Waals surface area contributed by atoms with Gasteiger partial charge >= 0.3 is 0 Å². The van der Waals surface area contributed by atoms with Crippen LogP contribution in [0.2, 0.25) is 0 Å². The van der Waals surface area contributed by atoms with Crippen LogP contribution < -0.4 is 5.32 Å². The van der Waals surface area contributed by atoms with E-state index in [1.54, 1.807) is 18.5 Å². The summed E-state index contributed by atoms with van der Waals surface area (Å²) >= 11 is 0. The van der Waals surface area contributed by atoms with Crippen molar-refractivity contribution >= 4 is 16.8 Å². The van der Waals surface area contributed by atoms with E-state index in [9.17, 15) is 4.79 Å². The number of fused-ring (bicyclic) bond motifs is 2. The Balaban J connectivity index is 1.53. The van der Waals surface area contributed by atoms with Gasteiger partial charge in [-0.15, -0.1) is 0 Å². The highest BCUT2D eigenvalue weighted by atomic mass is 16.1. The Morgan fingerprint density at radius 1 is 1.36 bits per heavy atom. The van der Waals surface area contributed by atoms with Crippen molar-refractivity contribution in [3.63, 3.8) is 0 Å². The first-order chi connectivity index (χ1) is 10.8. The summed E-state index contributed by atoms with van der Waals surface area (Å²) in [4.78, 5) is 21.0. The van der Waals surface area contributed by atoms with E-state index in [-0.39, 0.29) is 5.91 Å². The van der Waals surface area contributed by atoms with E-state index in [0.717, 1.165) is 29.6 Å². The summed E-state index contributed by atoms with van der Waals surface area (Å²) in [5.41, 5.74) is 3.38. The average Bonchev–Trinajstić information content (AvgIpc) is 3.19. The van der Waals surface area contributed by atoms with Crippen LogP contribution in [0.4, 0.5) is 0 Å². The minimum Gasteiger partial charge on any atom is -0.345 e. The predicted molar refractivity (Wildman–Crippen MR) is 80.2 cm³/mol. The van der Waals surface area contributed by atoms with E-state index in [2.05, 4.69) is 30.0 Å². The third-order valence-corrected chi connectivity index (χ3v) is 4.10. The largest absolute Gasteiger partial charge is 0.345 e. The number of H-pyrrole nitrogens is 1. The Morgan fingerprint density at radius 2 is 2.32 bits per heavy atom. The Hall–Kier alpha value is -2.70. The summed E-state index contributed by atoms with van der Waals surface area (Å²) in [6, 6.07) is 1.80. The van der Waals surface area contributed by atoms with Crippen LogP contribution in [0, 0.1) is 0 Å². The highest BCUT2D eigenvalue weighted by Gasteiger charge is 2.17. The normalized spacial score (nSPS) is 14.0. The number of carbonyl (C=O) groups excluding carboxylic acids is 1. The second-order valence-electron chi connectivity index (χ2n) is 5.46. The fourth-order valence-electron chi connectivity index (χ4n) is 2.95. The minimum absolute atomic E-state index is 0.204. The highest BCUT2D eigenvalue weighted by molar-refractivity contribution is 6.03. The zero-order valence-electron chi connectivity index (χ0n) is 12.0. The Labute approximate surface area is 126 Å². The van der Waals surface area contributed by atoms with Gasteiger partial charge < -0.3 is 9.88 Å². The summed E-state index contributed by atoms with van der Waals surface area (Å²) < 4.78 is 2.18. The Kier molecular flexibility index (Phi) is 3.10. The number of aromatic amines is 1. The molecule has 4 heterocycles. The lowest BCUT2D eigenvalue weighted by Gasteiger charge is -2.15. The van der Waals surface area contributed by atoms with Crippen LogP contribution in [0.25, 0.3) is 10.9 Å². The van der Waals surface area contributed by atoms with Gasteiger partial charge in [0, 0.05) is 18.4 Å². The van der Waals surface area contributed by atoms with Crippen molar-refractivity contribution in [1.29, 1.82) is 0 Å². The zero-order valence-corrected chi connectivity index (χ0v) is 12.0. The third kappa shape index (κ3) is 2.14. The predicted octanol–water partition coefficient (Wildman–Crippen LogP) is 1.42. The number of rotatable bonds is 3. The fourth-order valence-corrected chi connectivity index (χ4v) is 2.95. The van der Waals surface area contributed by atoms with E-state index in [1.807, 2.05) is 6.33 Å². The van der Waals surface area contributed by atoms with Crippen molar-refractivity contribution in [2.24, 2.45) is 0 Å². The van der Waals surface area contributed by atoms with Crippen molar-refractivity contribution in [3.8, 4) is 0 Å². The molecule has 0 saturated heterocycles. The monoisotopic (exact) mass is 296 g/mol. The summed E-state index contributed by atoms with van der Waals surface area (Å²) in [7, 11) is 0. The number of pyridine rings is 1. The molecular weight excluding hydrogens is 280 g/mol. The molecule has 0 radical (unpaired) electrons. The maximum atomic E-state index is 12.4. The Morgan fingerprint density at radius 3 is 3.27 bits per heavy atom. The molecule has 2 N–H and O–H groups in total.